The highest BCUT2D eigenvalue weighted by Crippen LogP contribution is 2.63. The number of carbonyl (C=O) groups excluding carboxylic acids is 2. The van der Waals surface area contributed by atoms with Crippen molar-refractivity contribution in [2.45, 2.75) is 91.3 Å². The molecule has 1 unspecified atom stereocenters. The summed E-state index contributed by atoms with van der Waals surface area (Å²) in [5, 5.41) is 0. The van der Waals surface area contributed by atoms with E-state index in [0.29, 0.717) is 23.9 Å². The molecule has 0 bridgehead atoms. The number of ketones is 2. The quantitative estimate of drug-likeness (QED) is 0.671. The minimum Gasteiger partial charge on any atom is -0.372 e. The molecule has 144 valence electrons. The van der Waals surface area contributed by atoms with Crippen LogP contribution in [0.5, 0.6) is 0 Å². The normalized spacial score (nSPS) is 45.7. The first-order valence-electron chi connectivity index (χ1n) is 10.5. The summed E-state index contributed by atoms with van der Waals surface area (Å²) in [7, 11) is 0. The highest BCUT2D eigenvalue weighted by Gasteiger charge is 2.61. The molecule has 3 saturated carbocycles. The van der Waals surface area contributed by atoms with Gasteiger partial charge in [0.05, 0.1) is 11.7 Å². The lowest BCUT2D eigenvalue weighted by Crippen LogP contribution is -2.53. The van der Waals surface area contributed by atoms with Crippen molar-refractivity contribution >= 4 is 11.6 Å². The van der Waals surface area contributed by atoms with Gasteiger partial charge in [0.1, 0.15) is 5.78 Å². The Morgan fingerprint density at radius 2 is 1.65 bits per heavy atom. The van der Waals surface area contributed by atoms with Crippen LogP contribution in [0.3, 0.4) is 0 Å². The molecule has 0 aromatic rings. The molecule has 3 heteroatoms. The lowest BCUT2D eigenvalue weighted by Gasteiger charge is -2.56. The summed E-state index contributed by atoms with van der Waals surface area (Å²) in [5.41, 5.74) is 1.04. The summed E-state index contributed by atoms with van der Waals surface area (Å²) in [4.78, 5) is 25.7. The SMILES string of the molecule is CC(C)(C)OC1CC[C@@]2(C)C(=CC(=O)[C@@H]3[C@H]2CC[C@]2(C)C(=O)CC[C@@H]32)C1. The predicted octanol–water partition coefficient (Wildman–Crippen LogP) is 4.88. The maximum atomic E-state index is 13.2. The Bertz CT molecular complexity index is 669. The number of allylic oxidation sites excluding steroid dienone is 1. The summed E-state index contributed by atoms with van der Waals surface area (Å²) in [6, 6.07) is 0. The number of carbonyl (C=O) groups is 2. The van der Waals surface area contributed by atoms with Crippen LogP contribution in [0.25, 0.3) is 0 Å². The van der Waals surface area contributed by atoms with Crippen molar-refractivity contribution in [2.75, 3.05) is 0 Å². The molecule has 0 aromatic carbocycles. The number of rotatable bonds is 1. The number of hydrogen-bond acceptors (Lipinski definition) is 3. The van der Waals surface area contributed by atoms with E-state index < -0.39 is 0 Å². The Hall–Kier alpha value is -0.960. The molecule has 4 aliphatic carbocycles. The fraction of sp³-hybridized carbons (Fsp3) is 0.826. The molecule has 0 spiro atoms. The average molecular weight is 359 g/mol. The van der Waals surface area contributed by atoms with Crippen LogP contribution in [-0.2, 0) is 14.3 Å². The second kappa shape index (κ2) is 5.77. The van der Waals surface area contributed by atoms with E-state index in [-0.39, 0.29) is 34.4 Å². The first-order valence-corrected chi connectivity index (χ1v) is 10.5. The summed E-state index contributed by atoms with van der Waals surface area (Å²) in [6.07, 6.45) is 8.83. The summed E-state index contributed by atoms with van der Waals surface area (Å²) < 4.78 is 6.25. The van der Waals surface area contributed by atoms with Crippen LogP contribution >= 0.6 is 0 Å². The molecule has 0 heterocycles. The topological polar surface area (TPSA) is 43.4 Å². The van der Waals surface area contributed by atoms with Gasteiger partial charge in [-0.2, -0.15) is 0 Å². The second-order valence-electron chi connectivity index (χ2n) is 10.7. The van der Waals surface area contributed by atoms with Crippen LogP contribution in [-0.4, -0.2) is 23.3 Å². The third kappa shape index (κ3) is 2.65. The van der Waals surface area contributed by atoms with Gasteiger partial charge >= 0.3 is 0 Å². The van der Waals surface area contributed by atoms with Gasteiger partial charge < -0.3 is 4.74 Å². The van der Waals surface area contributed by atoms with Crippen LogP contribution in [0.2, 0.25) is 0 Å². The first-order chi connectivity index (χ1) is 12.0. The van der Waals surface area contributed by atoms with Crippen LogP contribution in [0.1, 0.15) is 79.6 Å². The zero-order chi connectivity index (χ0) is 18.9. The zero-order valence-electron chi connectivity index (χ0n) is 17.1. The standard InChI is InChI=1S/C23H34O3/c1-21(2,3)26-15-8-10-22(4)14(12-15)13-18(24)20-16-6-7-19(25)23(16,5)11-9-17(20)22/h13,15-17,20H,6-12H2,1-5H3/t15?,16-,17+,20-,22-,23-/m0/s1. The third-order valence-electron chi connectivity index (χ3n) is 8.13. The van der Waals surface area contributed by atoms with Crippen molar-refractivity contribution < 1.29 is 14.3 Å². The van der Waals surface area contributed by atoms with Gasteiger partial charge in [-0.1, -0.05) is 19.4 Å². The van der Waals surface area contributed by atoms with Crippen molar-refractivity contribution in [3.8, 4) is 0 Å². The molecule has 3 fully saturated rings. The maximum Gasteiger partial charge on any atom is 0.159 e. The third-order valence-corrected chi connectivity index (χ3v) is 8.13. The maximum absolute atomic E-state index is 13.2. The largest absolute Gasteiger partial charge is 0.372 e. The minimum absolute atomic E-state index is 0.0639. The predicted molar refractivity (Wildman–Crippen MR) is 102 cm³/mol. The molecule has 0 aromatic heterocycles. The van der Waals surface area contributed by atoms with Crippen molar-refractivity contribution in [1.82, 2.24) is 0 Å². The zero-order valence-corrected chi connectivity index (χ0v) is 17.1. The van der Waals surface area contributed by atoms with E-state index in [4.69, 9.17) is 4.74 Å². The summed E-state index contributed by atoms with van der Waals surface area (Å²) in [6.45, 7) is 10.8. The first kappa shape index (κ1) is 18.4. The van der Waals surface area contributed by atoms with Gasteiger partial charge in [0, 0.05) is 17.8 Å². The molecule has 6 atom stereocenters. The monoisotopic (exact) mass is 358 g/mol. The minimum atomic E-state index is -0.245. The molecular weight excluding hydrogens is 324 g/mol. The van der Waals surface area contributed by atoms with Gasteiger partial charge in [0.2, 0.25) is 0 Å². The fourth-order valence-electron chi connectivity index (χ4n) is 6.74. The number of hydrogen-bond donors (Lipinski definition) is 0. The van der Waals surface area contributed by atoms with Gasteiger partial charge in [-0.3, -0.25) is 9.59 Å². The Labute approximate surface area is 157 Å². The van der Waals surface area contributed by atoms with Crippen molar-refractivity contribution in [3.63, 3.8) is 0 Å². The van der Waals surface area contributed by atoms with E-state index in [1.54, 1.807) is 0 Å². The van der Waals surface area contributed by atoms with Crippen LogP contribution < -0.4 is 0 Å². The van der Waals surface area contributed by atoms with E-state index in [0.717, 1.165) is 38.5 Å². The molecule has 4 aliphatic rings. The van der Waals surface area contributed by atoms with E-state index in [9.17, 15) is 9.59 Å². The number of fused-ring (bicyclic) bond motifs is 5. The highest BCUT2D eigenvalue weighted by molar-refractivity contribution is 5.96. The smallest absolute Gasteiger partial charge is 0.159 e. The van der Waals surface area contributed by atoms with Gasteiger partial charge in [-0.05, 0) is 82.6 Å². The van der Waals surface area contributed by atoms with E-state index >= 15 is 0 Å². The Morgan fingerprint density at radius 1 is 1.00 bits per heavy atom. The Morgan fingerprint density at radius 3 is 2.35 bits per heavy atom. The summed E-state index contributed by atoms with van der Waals surface area (Å²) in [5.74, 6) is 1.43. The average Bonchev–Trinajstić information content (AvgIpc) is 2.83. The van der Waals surface area contributed by atoms with Gasteiger partial charge in [-0.15, -0.1) is 0 Å². The Kier molecular flexibility index (Phi) is 4.08. The molecule has 26 heavy (non-hydrogen) atoms. The van der Waals surface area contributed by atoms with E-state index in [1.165, 1.54) is 5.57 Å². The second-order valence-corrected chi connectivity index (χ2v) is 10.7. The Balaban J connectivity index is 1.64. The van der Waals surface area contributed by atoms with Gasteiger partial charge in [0.15, 0.2) is 5.78 Å². The highest BCUT2D eigenvalue weighted by atomic mass is 16.5. The van der Waals surface area contributed by atoms with E-state index in [2.05, 4.69) is 34.6 Å². The molecular formula is C23H34O3. The van der Waals surface area contributed by atoms with Crippen LogP contribution in [0.4, 0.5) is 0 Å². The van der Waals surface area contributed by atoms with Gasteiger partial charge in [-0.25, -0.2) is 0 Å². The number of Topliss-reactive ketones (excluding diaryl/α,β-unsaturated/α-hetero) is 1. The van der Waals surface area contributed by atoms with Crippen molar-refractivity contribution in [3.05, 3.63) is 11.6 Å². The van der Waals surface area contributed by atoms with Crippen molar-refractivity contribution in [2.24, 2.45) is 28.6 Å². The molecule has 4 rings (SSSR count). The van der Waals surface area contributed by atoms with E-state index in [1.807, 2.05) is 6.08 Å². The lowest BCUT2D eigenvalue weighted by molar-refractivity contribution is -0.141. The molecule has 0 N–H and O–H groups in total. The lowest BCUT2D eigenvalue weighted by atomic mass is 9.47. The fourth-order valence-corrected chi connectivity index (χ4v) is 6.74. The van der Waals surface area contributed by atoms with Gasteiger partial charge in [0.25, 0.3) is 0 Å². The molecule has 0 radical (unpaired) electrons. The van der Waals surface area contributed by atoms with Crippen molar-refractivity contribution in [1.29, 1.82) is 0 Å². The molecule has 3 nitrogen and oxygen atoms in total. The molecule has 0 amide bonds. The van der Waals surface area contributed by atoms with Crippen LogP contribution in [0.15, 0.2) is 11.6 Å². The summed E-state index contributed by atoms with van der Waals surface area (Å²) >= 11 is 0. The number of ether oxygens (including phenoxy) is 1. The van der Waals surface area contributed by atoms with Crippen LogP contribution in [0, 0.1) is 28.6 Å². The molecule has 0 aliphatic heterocycles. The molecule has 0 saturated heterocycles.